The molecule has 0 aliphatic rings. The monoisotopic (exact) mass is 276 g/mol. The van der Waals surface area contributed by atoms with E-state index in [-0.39, 0.29) is 0 Å². The molecule has 0 radical (unpaired) electrons. The van der Waals surface area contributed by atoms with Gasteiger partial charge in [-0.05, 0) is 47.4 Å². The van der Waals surface area contributed by atoms with E-state index in [0.29, 0.717) is 5.25 Å². The second-order valence-electron chi connectivity index (χ2n) is 4.47. The van der Waals surface area contributed by atoms with Gasteiger partial charge in [0.25, 0.3) is 0 Å². The van der Waals surface area contributed by atoms with E-state index in [2.05, 4.69) is 67.4 Å². The van der Waals surface area contributed by atoms with E-state index in [1.807, 2.05) is 11.8 Å². The van der Waals surface area contributed by atoms with Crippen LogP contribution in [0.3, 0.4) is 0 Å². The van der Waals surface area contributed by atoms with Gasteiger partial charge < -0.3 is 0 Å². The van der Waals surface area contributed by atoms with E-state index in [4.69, 9.17) is 0 Å². The van der Waals surface area contributed by atoms with Crippen molar-refractivity contribution < 1.29 is 0 Å². The first-order valence-electron chi connectivity index (χ1n) is 6.40. The topological polar surface area (TPSA) is 0 Å². The maximum absolute atomic E-state index is 2.33. The van der Waals surface area contributed by atoms with Gasteiger partial charge in [0.15, 0.2) is 0 Å². The maximum Gasteiger partial charge on any atom is 0.0269 e. The van der Waals surface area contributed by atoms with Crippen LogP contribution >= 0.6 is 23.5 Å². The smallest absolute Gasteiger partial charge is 0.0269 e. The summed E-state index contributed by atoms with van der Waals surface area (Å²) in [4.78, 5) is 0. The van der Waals surface area contributed by atoms with Crippen LogP contribution in [0.15, 0.2) is 42.5 Å². The van der Waals surface area contributed by atoms with Crippen molar-refractivity contribution in [2.75, 3.05) is 17.8 Å². The minimum absolute atomic E-state index is 0.594. The van der Waals surface area contributed by atoms with Crippen LogP contribution in [0.2, 0.25) is 0 Å². The third-order valence-corrected chi connectivity index (χ3v) is 5.10. The van der Waals surface area contributed by atoms with E-state index in [9.17, 15) is 0 Å². The summed E-state index contributed by atoms with van der Waals surface area (Å²) in [5, 5.41) is 3.28. The highest BCUT2D eigenvalue weighted by atomic mass is 32.2. The van der Waals surface area contributed by atoms with E-state index >= 15 is 0 Å². The fraction of sp³-hybridized carbons (Fsp3) is 0.375. The van der Waals surface area contributed by atoms with E-state index in [1.54, 1.807) is 0 Å². The van der Waals surface area contributed by atoms with Gasteiger partial charge in [-0.2, -0.15) is 23.5 Å². The lowest BCUT2D eigenvalue weighted by molar-refractivity contribution is 1.07. The molecule has 0 amide bonds. The quantitative estimate of drug-likeness (QED) is 0.649. The van der Waals surface area contributed by atoms with Crippen molar-refractivity contribution in [2.24, 2.45) is 0 Å². The molecule has 0 nitrogen and oxygen atoms in total. The Morgan fingerprint density at radius 3 is 2.56 bits per heavy atom. The largest absolute Gasteiger partial charge is 0.165 e. The van der Waals surface area contributed by atoms with Crippen LogP contribution in [0.1, 0.15) is 24.2 Å². The van der Waals surface area contributed by atoms with Crippen molar-refractivity contribution in [3.05, 3.63) is 48.0 Å². The first-order valence-corrected chi connectivity index (χ1v) is 8.85. The molecule has 0 N–H and O–H groups in total. The third-order valence-electron chi connectivity index (χ3n) is 3.10. The Morgan fingerprint density at radius 1 is 1.00 bits per heavy atom. The fourth-order valence-electron chi connectivity index (χ4n) is 2.02. The predicted octanol–water partition coefficient (Wildman–Crippen LogP) is 5.39. The van der Waals surface area contributed by atoms with Gasteiger partial charge in [0, 0.05) is 5.25 Å². The zero-order valence-electron chi connectivity index (χ0n) is 11.1. The fourth-order valence-corrected chi connectivity index (χ4v) is 3.64. The van der Waals surface area contributed by atoms with E-state index in [0.717, 1.165) is 0 Å². The Hall–Kier alpha value is -0.600. The number of fused-ring (bicyclic) bond motifs is 1. The van der Waals surface area contributed by atoms with Crippen LogP contribution < -0.4 is 0 Å². The van der Waals surface area contributed by atoms with Gasteiger partial charge in [-0.1, -0.05) is 42.5 Å². The molecule has 0 bridgehead atoms. The molecular weight excluding hydrogens is 256 g/mol. The Bertz CT molecular complexity index is 493. The minimum Gasteiger partial charge on any atom is -0.165 e. The normalized spacial score (nSPS) is 12.8. The Morgan fingerprint density at radius 2 is 1.78 bits per heavy atom. The predicted molar refractivity (Wildman–Crippen MR) is 87.8 cm³/mol. The van der Waals surface area contributed by atoms with Crippen molar-refractivity contribution in [1.29, 1.82) is 0 Å². The van der Waals surface area contributed by atoms with Crippen LogP contribution in [0, 0.1) is 0 Å². The highest BCUT2D eigenvalue weighted by molar-refractivity contribution is 8.00. The Balaban J connectivity index is 2.01. The van der Waals surface area contributed by atoms with E-state index in [1.165, 1.54) is 34.3 Å². The molecule has 2 aromatic rings. The lowest BCUT2D eigenvalue weighted by Crippen LogP contribution is -1.91. The number of benzene rings is 2. The summed E-state index contributed by atoms with van der Waals surface area (Å²) in [7, 11) is 0. The third kappa shape index (κ3) is 3.69. The molecule has 2 rings (SSSR count). The van der Waals surface area contributed by atoms with Crippen molar-refractivity contribution in [3.63, 3.8) is 0 Å². The van der Waals surface area contributed by atoms with Gasteiger partial charge in [-0.15, -0.1) is 0 Å². The van der Waals surface area contributed by atoms with Gasteiger partial charge in [0.05, 0.1) is 0 Å². The first kappa shape index (κ1) is 13.8. The summed E-state index contributed by atoms with van der Waals surface area (Å²) in [6, 6.07) is 15.4. The van der Waals surface area contributed by atoms with Gasteiger partial charge in [0.2, 0.25) is 0 Å². The van der Waals surface area contributed by atoms with Gasteiger partial charge in [0.1, 0.15) is 0 Å². The summed E-state index contributed by atoms with van der Waals surface area (Å²) in [5.41, 5.74) is 1.45. The molecule has 0 aromatic heterocycles. The van der Waals surface area contributed by atoms with Crippen molar-refractivity contribution >= 4 is 34.3 Å². The maximum atomic E-state index is 2.33. The number of thioether (sulfide) groups is 2. The number of hydrogen-bond donors (Lipinski definition) is 0. The average Bonchev–Trinajstić information content (AvgIpc) is 2.43. The zero-order chi connectivity index (χ0) is 12.8. The first-order chi connectivity index (χ1) is 8.81. The van der Waals surface area contributed by atoms with Crippen LogP contribution in [-0.2, 0) is 0 Å². The second kappa shape index (κ2) is 7.10. The molecule has 1 unspecified atom stereocenters. The van der Waals surface area contributed by atoms with Crippen molar-refractivity contribution in [1.82, 2.24) is 0 Å². The lowest BCUT2D eigenvalue weighted by Gasteiger charge is -2.12. The molecule has 2 aromatic carbocycles. The SMILES string of the molecule is CSCCCSC(C)c1ccc2ccccc2c1. The Kier molecular flexibility index (Phi) is 5.45. The molecule has 1 atom stereocenters. The molecule has 2 heteroatoms. The minimum atomic E-state index is 0.594. The van der Waals surface area contributed by atoms with Gasteiger partial charge in [-0.25, -0.2) is 0 Å². The number of rotatable bonds is 6. The van der Waals surface area contributed by atoms with Gasteiger partial charge in [-0.3, -0.25) is 0 Å². The molecular formula is C16H20S2. The van der Waals surface area contributed by atoms with Crippen LogP contribution in [0.25, 0.3) is 10.8 Å². The van der Waals surface area contributed by atoms with E-state index < -0.39 is 0 Å². The molecule has 0 spiro atoms. The standard InChI is InChI=1S/C16H20S2/c1-13(18-11-5-10-17-2)15-9-8-14-6-3-4-7-16(14)12-15/h3-4,6-9,12-13H,5,10-11H2,1-2H3. The van der Waals surface area contributed by atoms with Crippen molar-refractivity contribution in [2.45, 2.75) is 18.6 Å². The highest BCUT2D eigenvalue weighted by Gasteiger charge is 2.06. The van der Waals surface area contributed by atoms with Crippen LogP contribution in [0.4, 0.5) is 0 Å². The van der Waals surface area contributed by atoms with Crippen LogP contribution in [0.5, 0.6) is 0 Å². The summed E-state index contributed by atoms with van der Waals surface area (Å²) >= 11 is 4.00. The summed E-state index contributed by atoms with van der Waals surface area (Å²) < 4.78 is 0. The molecule has 0 saturated carbocycles. The summed E-state index contributed by atoms with van der Waals surface area (Å²) in [6.07, 6.45) is 3.49. The molecule has 0 fully saturated rings. The molecule has 96 valence electrons. The molecule has 0 aliphatic carbocycles. The van der Waals surface area contributed by atoms with Gasteiger partial charge >= 0.3 is 0 Å². The second-order valence-corrected chi connectivity index (χ2v) is 6.90. The summed E-state index contributed by atoms with van der Waals surface area (Å²) in [5.74, 6) is 2.53. The molecule has 0 saturated heterocycles. The molecule has 0 aliphatic heterocycles. The van der Waals surface area contributed by atoms with Crippen molar-refractivity contribution in [3.8, 4) is 0 Å². The Labute approximate surface area is 119 Å². The highest BCUT2D eigenvalue weighted by Crippen LogP contribution is 2.30. The summed E-state index contributed by atoms with van der Waals surface area (Å²) in [6.45, 7) is 2.31. The average molecular weight is 276 g/mol. The molecule has 0 heterocycles. The molecule has 18 heavy (non-hydrogen) atoms. The number of hydrogen-bond acceptors (Lipinski definition) is 2. The zero-order valence-corrected chi connectivity index (χ0v) is 12.7. The lowest BCUT2D eigenvalue weighted by atomic mass is 10.1. The van der Waals surface area contributed by atoms with Crippen LogP contribution in [-0.4, -0.2) is 17.8 Å².